The van der Waals surface area contributed by atoms with Gasteiger partial charge >= 0.3 is 21.3 Å². The van der Waals surface area contributed by atoms with Crippen LogP contribution in [-0.2, 0) is 34.7 Å². The number of alkyl halides is 2. The highest BCUT2D eigenvalue weighted by atomic mass is 32.2. The summed E-state index contributed by atoms with van der Waals surface area (Å²) in [7, 11) is -4.17. The van der Waals surface area contributed by atoms with Crippen molar-refractivity contribution in [3.8, 4) is 0 Å². The highest BCUT2D eigenvalue weighted by Crippen LogP contribution is 2.56. The molecule has 204 valence electrons. The molecule has 0 heterocycles. The number of hydrogen-bond donors (Lipinski definition) is 0. The van der Waals surface area contributed by atoms with E-state index in [1.807, 2.05) is 0 Å². The minimum absolute atomic E-state index is 0.0164. The Bertz CT molecular complexity index is 1220. The van der Waals surface area contributed by atoms with Crippen molar-refractivity contribution in [3.63, 3.8) is 0 Å². The molecular formula is C29H33F2O5S2+. The molecular weight excluding hydrogens is 530 g/mol. The fourth-order valence-electron chi connectivity index (χ4n) is 5.58. The number of hydrogen-bond acceptors (Lipinski definition) is 5. The van der Waals surface area contributed by atoms with Gasteiger partial charge in [0.15, 0.2) is 14.7 Å². The number of ether oxygens (including phenoxy) is 1. The predicted molar refractivity (Wildman–Crippen MR) is 144 cm³/mol. The molecule has 0 saturated heterocycles. The summed E-state index contributed by atoms with van der Waals surface area (Å²) in [6.07, 6.45) is 9.83. The topological polar surface area (TPSA) is 69.7 Å². The third-order valence-electron chi connectivity index (χ3n) is 7.21. The van der Waals surface area contributed by atoms with Gasteiger partial charge in [0.2, 0.25) is 0 Å². The van der Waals surface area contributed by atoms with E-state index in [1.54, 1.807) is 0 Å². The average Bonchev–Trinajstić information content (AvgIpc) is 3.52. The third kappa shape index (κ3) is 6.21. The monoisotopic (exact) mass is 563 g/mol. The number of fused-ring (bicyclic) bond motifs is 2. The van der Waals surface area contributed by atoms with Crippen LogP contribution in [0, 0.1) is 17.8 Å². The summed E-state index contributed by atoms with van der Waals surface area (Å²) in [6, 6.07) is 21.6. The van der Waals surface area contributed by atoms with E-state index in [9.17, 15) is 22.0 Å². The van der Waals surface area contributed by atoms with Crippen LogP contribution < -0.4 is 0 Å². The fraction of sp³-hybridized carbons (Fsp3) is 0.414. The van der Waals surface area contributed by atoms with Crippen molar-refractivity contribution in [2.75, 3.05) is 7.11 Å². The van der Waals surface area contributed by atoms with E-state index in [4.69, 9.17) is 4.74 Å². The molecule has 5 nitrogen and oxygen atoms in total. The third-order valence-corrected chi connectivity index (χ3v) is 10.9. The smallest absolute Gasteiger partial charge is 0.373 e. The van der Waals surface area contributed by atoms with Gasteiger partial charge in [-0.1, -0.05) is 42.5 Å². The van der Waals surface area contributed by atoms with Crippen molar-refractivity contribution in [2.24, 2.45) is 17.8 Å². The van der Waals surface area contributed by atoms with Crippen molar-refractivity contribution in [3.05, 3.63) is 83.8 Å². The first-order valence-electron chi connectivity index (χ1n) is 12.7. The van der Waals surface area contributed by atoms with Crippen molar-refractivity contribution in [1.29, 1.82) is 0 Å². The van der Waals surface area contributed by atoms with Gasteiger partial charge in [0.25, 0.3) is 0 Å². The Hall–Kier alpha value is -2.49. The standard InChI is InChI=1S/C18H17S.C11H16F2O5S/c1-4-10-16(11-5-1)19(17-12-6-2-7-13-17)18-14-8-3-9-15-18;1-6(14)18-10-5-7-3-8(10)9(4-7)11(12,13)19(15,16)17-2/h1-2,4-8,10-15H,3,9H2;7-10H,3-5H2,1-2H3/q+1;. The molecule has 2 aromatic carbocycles. The molecule has 3 aliphatic rings. The maximum atomic E-state index is 14.0. The molecule has 0 radical (unpaired) electrons. The normalized spacial score (nSPS) is 24.5. The van der Waals surface area contributed by atoms with Crippen LogP contribution in [0.2, 0.25) is 0 Å². The Morgan fingerprint density at radius 3 is 2.03 bits per heavy atom. The van der Waals surface area contributed by atoms with Crippen molar-refractivity contribution >= 4 is 27.0 Å². The minimum atomic E-state index is -4.93. The zero-order chi connectivity index (χ0) is 27.3. The first kappa shape index (κ1) is 28.5. The van der Waals surface area contributed by atoms with Crippen LogP contribution in [0.5, 0.6) is 0 Å². The van der Waals surface area contributed by atoms with E-state index in [0.717, 1.165) is 13.5 Å². The zero-order valence-corrected chi connectivity index (χ0v) is 23.1. The van der Waals surface area contributed by atoms with Gasteiger partial charge in [-0.3, -0.25) is 8.98 Å². The lowest BCUT2D eigenvalue weighted by Crippen LogP contribution is -2.44. The number of benzene rings is 2. The van der Waals surface area contributed by atoms with E-state index in [-0.39, 0.29) is 23.2 Å². The molecule has 2 saturated carbocycles. The fourth-order valence-corrected chi connectivity index (χ4v) is 8.64. The summed E-state index contributed by atoms with van der Waals surface area (Å²) in [4.78, 5) is 15.2. The molecule has 2 fully saturated rings. The maximum Gasteiger partial charge on any atom is 0.373 e. The second kappa shape index (κ2) is 12.1. The van der Waals surface area contributed by atoms with E-state index in [0.29, 0.717) is 12.8 Å². The maximum absolute atomic E-state index is 14.0. The molecule has 4 unspecified atom stereocenters. The summed E-state index contributed by atoms with van der Waals surface area (Å²) in [6.45, 7) is 1.21. The second-order valence-electron chi connectivity index (χ2n) is 9.69. The minimum Gasteiger partial charge on any atom is -0.462 e. The predicted octanol–water partition coefficient (Wildman–Crippen LogP) is 6.49. The quantitative estimate of drug-likeness (QED) is 0.219. The first-order chi connectivity index (χ1) is 18.1. The van der Waals surface area contributed by atoms with Crippen LogP contribution in [0.4, 0.5) is 8.78 Å². The van der Waals surface area contributed by atoms with Gasteiger partial charge < -0.3 is 4.74 Å². The largest absolute Gasteiger partial charge is 0.462 e. The van der Waals surface area contributed by atoms with Crippen molar-refractivity contribution in [1.82, 2.24) is 0 Å². The molecule has 5 rings (SSSR count). The molecule has 4 atom stereocenters. The highest BCUT2D eigenvalue weighted by Gasteiger charge is 2.63. The SMILES string of the molecule is C1=CC([S+](c2ccccc2)c2ccccc2)=CCC1.COS(=O)(=O)C(F)(F)C1CC2CC(OC(C)=O)C1C2. The molecule has 0 N–H and O–H groups in total. The number of carbonyl (C=O) groups is 1. The Morgan fingerprint density at radius 1 is 0.947 bits per heavy atom. The summed E-state index contributed by atoms with van der Waals surface area (Å²) in [5, 5.41) is -3.94. The number of halogens is 2. The van der Waals surface area contributed by atoms with Crippen LogP contribution in [0.25, 0.3) is 0 Å². The van der Waals surface area contributed by atoms with Gasteiger partial charge in [0, 0.05) is 18.8 Å². The molecule has 38 heavy (non-hydrogen) atoms. The average molecular weight is 564 g/mol. The molecule has 2 aromatic rings. The Morgan fingerprint density at radius 2 is 1.55 bits per heavy atom. The number of esters is 1. The first-order valence-corrected chi connectivity index (χ1v) is 15.3. The van der Waals surface area contributed by atoms with E-state index in [2.05, 4.69) is 83.1 Å². The molecule has 2 bridgehead atoms. The van der Waals surface area contributed by atoms with Gasteiger partial charge in [0.05, 0.1) is 18.0 Å². The summed E-state index contributed by atoms with van der Waals surface area (Å²) in [5.74, 6) is -2.51. The van der Waals surface area contributed by atoms with Crippen molar-refractivity contribution < 1.29 is 30.9 Å². The zero-order valence-electron chi connectivity index (χ0n) is 21.5. The van der Waals surface area contributed by atoms with E-state index < -0.39 is 39.3 Å². The van der Waals surface area contributed by atoms with Crippen LogP contribution in [-0.4, -0.2) is 32.9 Å². The van der Waals surface area contributed by atoms with Gasteiger partial charge in [0.1, 0.15) is 6.10 Å². The van der Waals surface area contributed by atoms with Crippen LogP contribution in [0.1, 0.15) is 39.0 Å². The molecule has 9 heteroatoms. The molecule has 0 aliphatic heterocycles. The Balaban J connectivity index is 0.000000177. The summed E-state index contributed by atoms with van der Waals surface area (Å²) < 4.78 is 59.7. The van der Waals surface area contributed by atoms with Gasteiger partial charge in [-0.25, -0.2) is 0 Å². The van der Waals surface area contributed by atoms with E-state index >= 15 is 0 Å². The number of carbonyl (C=O) groups excluding carboxylic acids is 1. The van der Waals surface area contributed by atoms with Gasteiger partial charge in [-0.05, 0) is 74.4 Å². The molecule has 3 aliphatic carbocycles. The molecule has 0 aromatic heterocycles. The van der Waals surface area contributed by atoms with Crippen LogP contribution in [0.15, 0.2) is 93.6 Å². The summed E-state index contributed by atoms with van der Waals surface area (Å²) in [5.41, 5.74) is 0. The lowest BCUT2D eigenvalue weighted by Gasteiger charge is -2.33. The van der Waals surface area contributed by atoms with Crippen LogP contribution in [0.3, 0.4) is 0 Å². The van der Waals surface area contributed by atoms with Crippen molar-refractivity contribution in [2.45, 2.75) is 60.2 Å². The summed E-state index contributed by atoms with van der Waals surface area (Å²) >= 11 is 0. The van der Waals surface area contributed by atoms with Crippen LogP contribution >= 0.6 is 0 Å². The number of allylic oxidation sites excluding steroid dienone is 3. The number of rotatable bonds is 7. The van der Waals surface area contributed by atoms with Gasteiger partial charge in [-0.2, -0.15) is 17.2 Å². The molecule has 0 amide bonds. The Kier molecular flexibility index (Phi) is 9.11. The van der Waals surface area contributed by atoms with E-state index in [1.165, 1.54) is 28.0 Å². The highest BCUT2D eigenvalue weighted by molar-refractivity contribution is 8.00. The second-order valence-corrected chi connectivity index (χ2v) is 13.5. The van der Waals surface area contributed by atoms with Gasteiger partial charge in [-0.15, -0.1) is 0 Å². The Labute approximate surface area is 226 Å². The molecule has 0 spiro atoms. The lowest BCUT2D eigenvalue weighted by atomic mass is 9.86. The lowest BCUT2D eigenvalue weighted by molar-refractivity contribution is -0.152.